The summed E-state index contributed by atoms with van der Waals surface area (Å²) >= 11 is 1.39. The van der Waals surface area contributed by atoms with E-state index in [2.05, 4.69) is 22.5 Å². The normalized spacial score (nSPS) is 9.37. The molecule has 0 spiro atoms. The summed E-state index contributed by atoms with van der Waals surface area (Å²) in [7, 11) is 0. The van der Waals surface area contributed by atoms with Crippen LogP contribution in [0.15, 0.2) is 11.4 Å². The summed E-state index contributed by atoms with van der Waals surface area (Å²) in [5.41, 5.74) is 0.557. The molecule has 6 heteroatoms. The Morgan fingerprint density at radius 2 is 2.11 bits per heavy atom. The van der Waals surface area contributed by atoms with Crippen molar-refractivity contribution in [3.05, 3.63) is 21.9 Å². The van der Waals surface area contributed by atoms with Crippen molar-refractivity contribution >= 4 is 23.2 Å². The molecule has 0 radical (unpaired) electrons. The van der Waals surface area contributed by atoms with Gasteiger partial charge < -0.3 is 15.7 Å². The molecule has 0 aromatic carbocycles. The predicted octanol–water partition coefficient (Wildman–Crippen LogP) is 0.348. The van der Waals surface area contributed by atoms with Crippen LogP contribution in [0.4, 0.5) is 0 Å². The lowest BCUT2D eigenvalue weighted by Crippen LogP contribution is -2.33. The van der Waals surface area contributed by atoms with Gasteiger partial charge in [-0.15, -0.1) is 11.3 Å². The van der Waals surface area contributed by atoms with Crippen LogP contribution in [0.3, 0.4) is 0 Å². The van der Waals surface area contributed by atoms with Gasteiger partial charge in [-0.1, -0.05) is 11.8 Å². The zero-order chi connectivity index (χ0) is 14.1. The van der Waals surface area contributed by atoms with Crippen LogP contribution in [0.1, 0.15) is 28.6 Å². The molecule has 5 nitrogen and oxygen atoms in total. The van der Waals surface area contributed by atoms with E-state index in [4.69, 9.17) is 5.11 Å². The van der Waals surface area contributed by atoms with Crippen LogP contribution in [0.25, 0.3) is 0 Å². The van der Waals surface area contributed by atoms with Gasteiger partial charge in [0.2, 0.25) is 5.91 Å². The number of aliphatic hydroxyl groups is 1. The largest absolute Gasteiger partial charge is 0.395 e. The van der Waals surface area contributed by atoms with Crippen LogP contribution >= 0.6 is 11.3 Å². The molecule has 1 aromatic heterocycles. The average Bonchev–Trinajstić information content (AvgIpc) is 2.83. The lowest BCUT2D eigenvalue weighted by Gasteiger charge is -2.03. The molecule has 1 heterocycles. The molecule has 0 saturated heterocycles. The molecule has 0 aliphatic carbocycles. The first-order chi connectivity index (χ1) is 9.13. The third-order valence-electron chi connectivity index (χ3n) is 2.09. The summed E-state index contributed by atoms with van der Waals surface area (Å²) in [6.45, 7) is 2.26. The molecule has 0 aliphatic heterocycles. The van der Waals surface area contributed by atoms with Gasteiger partial charge in [0.25, 0.3) is 5.91 Å². The summed E-state index contributed by atoms with van der Waals surface area (Å²) in [5.74, 6) is 5.37. The van der Waals surface area contributed by atoms with Crippen LogP contribution in [-0.2, 0) is 4.79 Å². The Labute approximate surface area is 116 Å². The fourth-order valence-electron chi connectivity index (χ4n) is 1.24. The van der Waals surface area contributed by atoms with E-state index >= 15 is 0 Å². The van der Waals surface area contributed by atoms with Crippen molar-refractivity contribution < 1.29 is 14.7 Å². The number of aliphatic hydroxyl groups excluding tert-OH is 1. The van der Waals surface area contributed by atoms with Crippen molar-refractivity contribution in [2.75, 3.05) is 19.7 Å². The van der Waals surface area contributed by atoms with E-state index in [0.29, 0.717) is 25.1 Å². The van der Waals surface area contributed by atoms with E-state index in [9.17, 15) is 9.59 Å². The van der Waals surface area contributed by atoms with Gasteiger partial charge in [-0.05, 0) is 6.07 Å². The van der Waals surface area contributed by atoms with Crippen molar-refractivity contribution in [2.24, 2.45) is 0 Å². The van der Waals surface area contributed by atoms with Crippen LogP contribution in [0.2, 0.25) is 0 Å². The van der Waals surface area contributed by atoms with Crippen molar-refractivity contribution in [1.29, 1.82) is 0 Å². The minimum atomic E-state index is -0.184. The molecular formula is C13H16N2O3S. The van der Waals surface area contributed by atoms with E-state index in [0.717, 1.165) is 4.88 Å². The molecular weight excluding hydrogens is 264 g/mol. The van der Waals surface area contributed by atoms with Crippen LogP contribution < -0.4 is 10.6 Å². The molecule has 0 bridgehead atoms. The second kappa shape index (κ2) is 8.29. The summed E-state index contributed by atoms with van der Waals surface area (Å²) in [5, 5.41) is 15.6. The molecule has 1 rings (SSSR count). The monoisotopic (exact) mass is 280 g/mol. The van der Waals surface area contributed by atoms with Gasteiger partial charge in [-0.25, -0.2) is 0 Å². The molecule has 2 amide bonds. The highest BCUT2D eigenvalue weighted by atomic mass is 32.1. The zero-order valence-electron chi connectivity index (χ0n) is 10.7. The Morgan fingerprint density at radius 1 is 1.37 bits per heavy atom. The predicted molar refractivity (Wildman–Crippen MR) is 73.9 cm³/mol. The lowest BCUT2D eigenvalue weighted by molar-refractivity contribution is -0.118. The number of carbonyl (C=O) groups is 2. The Balaban J connectivity index is 2.41. The number of hydrogen-bond donors (Lipinski definition) is 3. The second-order valence-electron chi connectivity index (χ2n) is 3.71. The fraction of sp³-hybridized carbons (Fsp3) is 0.385. The minimum absolute atomic E-state index is 0.0366. The Hall–Kier alpha value is -1.84. The first-order valence-corrected chi connectivity index (χ1v) is 6.72. The lowest BCUT2D eigenvalue weighted by atomic mass is 10.3. The topological polar surface area (TPSA) is 78.4 Å². The summed E-state index contributed by atoms with van der Waals surface area (Å²) in [6, 6.07) is 1.71. The molecule has 102 valence electrons. The molecule has 0 saturated carbocycles. The fourth-order valence-corrected chi connectivity index (χ4v) is 2.00. The van der Waals surface area contributed by atoms with Gasteiger partial charge in [-0.2, -0.15) is 0 Å². The number of rotatable bonds is 5. The van der Waals surface area contributed by atoms with Gasteiger partial charge in [0.1, 0.15) is 0 Å². The number of nitrogens with one attached hydrogen (secondary N) is 2. The van der Waals surface area contributed by atoms with Crippen molar-refractivity contribution in [3.8, 4) is 11.8 Å². The summed E-state index contributed by atoms with van der Waals surface area (Å²) < 4.78 is 0. The van der Waals surface area contributed by atoms with E-state index in [1.165, 1.54) is 18.3 Å². The SMILES string of the molecule is CC(=O)NCCNC(=O)c1csc(C#CCCO)c1. The highest BCUT2D eigenvalue weighted by molar-refractivity contribution is 7.10. The average molecular weight is 280 g/mol. The maximum Gasteiger partial charge on any atom is 0.252 e. The first-order valence-electron chi connectivity index (χ1n) is 5.84. The Morgan fingerprint density at radius 3 is 2.79 bits per heavy atom. The molecule has 0 aliphatic rings. The number of thiophene rings is 1. The maximum absolute atomic E-state index is 11.7. The van der Waals surface area contributed by atoms with Crippen molar-refractivity contribution in [1.82, 2.24) is 10.6 Å². The Bertz CT molecular complexity index is 499. The molecule has 19 heavy (non-hydrogen) atoms. The molecule has 0 fully saturated rings. The van der Waals surface area contributed by atoms with E-state index in [1.807, 2.05) is 0 Å². The molecule has 0 atom stereocenters. The standard InChI is InChI=1S/C13H16N2O3S/c1-10(17)14-5-6-15-13(18)11-8-12(19-9-11)4-2-3-7-16/h8-9,16H,3,5-7H2,1H3,(H,14,17)(H,15,18). The molecule has 0 unspecified atom stereocenters. The number of hydrogen-bond acceptors (Lipinski definition) is 4. The summed E-state index contributed by atoms with van der Waals surface area (Å²) in [6.07, 6.45) is 0.427. The van der Waals surface area contributed by atoms with Crippen LogP contribution in [-0.4, -0.2) is 36.6 Å². The Kier molecular flexibility index (Phi) is 6.64. The molecule has 3 N–H and O–H groups in total. The van der Waals surface area contributed by atoms with Gasteiger partial charge in [-0.3, -0.25) is 9.59 Å². The van der Waals surface area contributed by atoms with E-state index in [-0.39, 0.29) is 18.4 Å². The smallest absolute Gasteiger partial charge is 0.252 e. The van der Waals surface area contributed by atoms with E-state index in [1.54, 1.807) is 11.4 Å². The zero-order valence-corrected chi connectivity index (χ0v) is 11.5. The van der Waals surface area contributed by atoms with E-state index < -0.39 is 0 Å². The summed E-state index contributed by atoms with van der Waals surface area (Å²) in [4.78, 5) is 23.2. The highest BCUT2D eigenvalue weighted by Gasteiger charge is 2.07. The van der Waals surface area contributed by atoms with Crippen molar-refractivity contribution in [2.45, 2.75) is 13.3 Å². The second-order valence-corrected chi connectivity index (χ2v) is 4.63. The van der Waals surface area contributed by atoms with Gasteiger partial charge in [0.05, 0.1) is 17.0 Å². The third kappa shape index (κ3) is 6.04. The quantitative estimate of drug-likeness (QED) is 0.538. The van der Waals surface area contributed by atoms with Gasteiger partial charge in [0.15, 0.2) is 0 Å². The molecule has 1 aromatic rings. The van der Waals surface area contributed by atoms with Gasteiger partial charge in [0, 0.05) is 31.8 Å². The van der Waals surface area contributed by atoms with Crippen molar-refractivity contribution in [3.63, 3.8) is 0 Å². The van der Waals surface area contributed by atoms with Gasteiger partial charge >= 0.3 is 0 Å². The minimum Gasteiger partial charge on any atom is -0.395 e. The van der Waals surface area contributed by atoms with Crippen LogP contribution in [0, 0.1) is 11.8 Å². The number of carbonyl (C=O) groups excluding carboxylic acids is 2. The maximum atomic E-state index is 11.7. The van der Waals surface area contributed by atoms with Crippen LogP contribution in [0.5, 0.6) is 0 Å². The highest BCUT2D eigenvalue weighted by Crippen LogP contribution is 2.13. The first kappa shape index (κ1) is 15.2. The third-order valence-corrected chi connectivity index (χ3v) is 2.94. The number of amides is 2.